The number of Topliss-reactive ketones (excluding diaryl/α,β-unsaturated/α-hetero) is 1. The Morgan fingerprint density at radius 3 is 2.60 bits per heavy atom. The van der Waals surface area contributed by atoms with E-state index >= 15 is 0 Å². The fourth-order valence-corrected chi connectivity index (χ4v) is 3.76. The van der Waals surface area contributed by atoms with Crippen molar-refractivity contribution in [1.29, 1.82) is 0 Å². The molecule has 0 radical (unpaired) electrons. The lowest BCUT2D eigenvalue weighted by atomic mass is 10.0. The Bertz CT molecular complexity index is 557. The molecule has 20 heavy (non-hydrogen) atoms. The van der Waals surface area contributed by atoms with Gasteiger partial charge in [0.25, 0.3) is 11.7 Å². The second-order valence-electron chi connectivity index (χ2n) is 5.17. The minimum Gasteiger partial charge on any atom is -0.304 e. The SMILES string of the molecule is CCCC(CBr)CN1C(=O)C(=O)c2cc(Br)cc(C)c21. The minimum absolute atomic E-state index is 0.366. The average Bonchev–Trinajstić information content (AvgIpc) is 2.63. The van der Waals surface area contributed by atoms with Crippen molar-refractivity contribution in [2.24, 2.45) is 5.92 Å². The Kier molecular flexibility index (Phi) is 5.02. The van der Waals surface area contributed by atoms with E-state index in [1.54, 1.807) is 11.0 Å². The maximum atomic E-state index is 12.2. The summed E-state index contributed by atoms with van der Waals surface area (Å²) in [5.74, 6) is -0.428. The monoisotopic (exact) mass is 401 g/mol. The number of nitrogens with zero attached hydrogens (tertiary/aromatic N) is 1. The van der Waals surface area contributed by atoms with E-state index in [-0.39, 0.29) is 0 Å². The van der Waals surface area contributed by atoms with Crippen molar-refractivity contribution in [2.45, 2.75) is 26.7 Å². The second kappa shape index (κ2) is 6.39. The van der Waals surface area contributed by atoms with Crippen LogP contribution in [-0.4, -0.2) is 23.6 Å². The Hall–Kier alpha value is -0.680. The van der Waals surface area contributed by atoms with Gasteiger partial charge in [0.05, 0.1) is 11.3 Å². The number of anilines is 1. The number of fused-ring (bicyclic) bond motifs is 1. The third-order valence-electron chi connectivity index (χ3n) is 3.58. The van der Waals surface area contributed by atoms with Gasteiger partial charge < -0.3 is 4.90 Å². The van der Waals surface area contributed by atoms with Crippen LogP contribution in [0.4, 0.5) is 5.69 Å². The molecule has 108 valence electrons. The van der Waals surface area contributed by atoms with Gasteiger partial charge in [0.15, 0.2) is 0 Å². The molecule has 0 bridgehead atoms. The largest absolute Gasteiger partial charge is 0.304 e. The average molecular weight is 403 g/mol. The van der Waals surface area contributed by atoms with Crippen molar-refractivity contribution in [3.05, 3.63) is 27.7 Å². The molecule has 1 amide bonds. The topological polar surface area (TPSA) is 37.4 Å². The van der Waals surface area contributed by atoms with Crippen LogP contribution in [-0.2, 0) is 4.79 Å². The zero-order valence-corrected chi connectivity index (χ0v) is 14.8. The fraction of sp³-hybridized carbons (Fsp3) is 0.467. The van der Waals surface area contributed by atoms with Gasteiger partial charge in [-0.3, -0.25) is 9.59 Å². The zero-order chi connectivity index (χ0) is 14.9. The van der Waals surface area contributed by atoms with E-state index in [1.807, 2.05) is 13.0 Å². The zero-order valence-electron chi connectivity index (χ0n) is 11.6. The van der Waals surface area contributed by atoms with Crippen molar-refractivity contribution in [3.63, 3.8) is 0 Å². The summed E-state index contributed by atoms with van der Waals surface area (Å²) < 4.78 is 0.836. The van der Waals surface area contributed by atoms with E-state index in [2.05, 4.69) is 38.8 Å². The maximum Gasteiger partial charge on any atom is 0.299 e. The number of carbonyl (C=O) groups is 2. The summed E-state index contributed by atoms with van der Waals surface area (Å²) >= 11 is 6.88. The molecule has 1 aromatic carbocycles. The Balaban J connectivity index is 2.37. The van der Waals surface area contributed by atoms with Crippen molar-refractivity contribution in [2.75, 3.05) is 16.8 Å². The summed E-state index contributed by atoms with van der Waals surface area (Å²) in [6.07, 6.45) is 2.10. The lowest BCUT2D eigenvalue weighted by Gasteiger charge is -2.23. The highest BCUT2D eigenvalue weighted by atomic mass is 79.9. The van der Waals surface area contributed by atoms with Crippen molar-refractivity contribution in [1.82, 2.24) is 0 Å². The van der Waals surface area contributed by atoms with Crippen LogP contribution in [0.3, 0.4) is 0 Å². The summed E-state index contributed by atoms with van der Waals surface area (Å²) in [5.41, 5.74) is 2.26. The molecule has 3 nitrogen and oxygen atoms in total. The molecule has 0 aromatic heterocycles. The number of benzene rings is 1. The Morgan fingerprint density at radius 1 is 1.30 bits per heavy atom. The van der Waals surface area contributed by atoms with Crippen LogP contribution in [0.5, 0.6) is 0 Å². The maximum absolute atomic E-state index is 12.2. The molecule has 1 unspecified atom stereocenters. The molecule has 0 saturated carbocycles. The molecule has 0 aliphatic carbocycles. The van der Waals surface area contributed by atoms with Gasteiger partial charge >= 0.3 is 0 Å². The van der Waals surface area contributed by atoms with Crippen LogP contribution in [0.15, 0.2) is 16.6 Å². The van der Waals surface area contributed by atoms with E-state index < -0.39 is 11.7 Å². The standard InChI is InChI=1S/C15H17Br2NO2/c1-3-4-10(7-16)8-18-13-9(2)5-11(17)6-12(13)14(19)15(18)20/h5-6,10H,3-4,7-8H2,1-2H3. The molecule has 1 aliphatic heterocycles. The molecule has 5 heteroatoms. The van der Waals surface area contributed by atoms with E-state index in [0.29, 0.717) is 18.0 Å². The van der Waals surface area contributed by atoms with Crippen LogP contribution >= 0.6 is 31.9 Å². The molecule has 1 atom stereocenters. The molecule has 1 heterocycles. The summed E-state index contributed by atoms with van der Waals surface area (Å²) in [5, 5.41) is 0.837. The summed E-state index contributed by atoms with van der Waals surface area (Å²) in [6.45, 7) is 4.66. The summed E-state index contributed by atoms with van der Waals surface area (Å²) in [4.78, 5) is 26.0. The minimum atomic E-state index is -0.400. The van der Waals surface area contributed by atoms with Gasteiger partial charge in [-0.1, -0.05) is 45.2 Å². The fourth-order valence-electron chi connectivity index (χ4n) is 2.66. The number of halogens is 2. The number of amides is 1. The second-order valence-corrected chi connectivity index (χ2v) is 6.74. The number of alkyl halides is 1. The normalized spacial score (nSPS) is 15.7. The first-order valence-electron chi connectivity index (χ1n) is 6.71. The van der Waals surface area contributed by atoms with E-state index in [4.69, 9.17) is 0 Å². The molecular weight excluding hydrogens is 386 g/mol. The molecule has 0 spiro atoms. The van der Waals surface area contributed by atoms with Crippen molar-refractivity contribution in [3.8, 4) is 0 Å². The molecule has 0 saturated heterocycles. The van der Waals surface area contributed by atoms with Crippen molar-refractivity contribution >= 4 is 49.2 Å². The highest BCUT2D eigenvalue weighted by Gasteiger charge is 2.37. The van der Waals surface area contributed by atoms with Crippen LogP contribution in [0, 0.1) is 12.8 Å². The Labute approximate surface area is 136 Å². The molecule has 0 N–H and O–H groups in total. The molecule has 1 aliphatic rings. The summed E-state index contributed by atoms with van der Waals surface area (Å²) in [7, 11) is 0. The predicted octanol–water partition coefficient (Wildman–Crippen LogP) is 4.10. The number of rotatable bonds is 5. The van der Waals surface area contributed by atoms with Crippen LogP contribution in [0.2, 0.25) is 0 Å². The van der Waals surface area contributed by atoms with Gasteiger partial charge in [0, 0.05) is 16.3 Å². The van der Waals surface area contributed by atoms with E-state index in [0.717, 1.165) is 33.9 Å². The quantitative estimate of drug-likeness (QED) is 0.549. The first-order chi connectivity index (χ1) is 9.49. The van der Waals surface area contributed by atoms with Gasteiger partial charge in [0.2, 0.25) is 0 Å². The third-order valence-corrected chi connectivity index (χ3v) is 4.95. The predicted molar refractivity (Wildman–Crippen MR) is 87.8 cm³/mol. The van der Waals surface area contributed by atoms with Crippen LogP contribution in [0.1, 0.15) is 35.7 Å². The summed E-state index contributed by atoms with van der Waals surface area (Å²) in [6, 6.07) is 3.69. The highest BCUT2D eigenvalue weighted by Crippen LogP contribution is 2.35. The number of ketones is 1. The number of aryl methyl sites for hydroxylation is 1. The lowest BCUT2D eigenvalue weighted by Crippen LogP contribution is -2.35. The van der Waals surface area contributed by atoms with Gasteiger partial charge in [0.1, 0.15) is 0 Å². The van der Waals surface area contributed by atoms with Gasteiger partial charge in [-0.05, 0) is 37.0 Å². The first kappa shape index (κ1) is 15.7. The smallest absolute Gasteiger partial charge is 0.299 e. The van der Waals surface area contributed by atoms with Crippen LogP contribution < -0.4 is 4.90 Å². The number of carbonyl (C=O) groups excluding carboxylic acids is 2. The highest BCUT2D eigenvalue weighted by molar-refractivity contribution is 9.10. The Morgan fingerprint density at radius 2 is 2.00 bits per heavy atom. The first-order valence-corrected chi connectivity index (χ1v) is 8.63. The molecular formula is C15H17Br2NO2. The van der Waals surface area contributed by atoms with Gasteiger partial charge in [-0.15, -0.1) is 0 Å². The van der Waals surface area contributed by atoms with Crippen molar-refractivity contribution < 1.29 is 9.59 Å². The number of hydrogen-bond acceptors (Lipinski definition) is 2. The van der Waals surface area contributed by atoms with Gasteiger partial charge in [-0.2, -0.15) is 0 Å². The molecule has 1 aromatic rings. The van der Waals surface area contributed by atoms with E-state index in [1.165, 1.54) is 0 Å². The number of hydrogen-bond donors (Lipinski definition) is 0. The third kappa shape index (κ3) is 2.84. The van der Waals surface area contributed by atoms with Crippen LogP contribution in [0.25, 0.3) is 0 Å². The molecule has 2 rings (SSSR count). The van der Waals surface area contributed by atoms with E-state index in [9.17, 15) is 9.59 Å². The van der Waals surface area contributed by atoms with Gasteiger partial charge in [-0.25, -0.2) is 0 Å². The lowest BCUT2D eigenvalue weighted by molar-refractivity contribution is -0.114. The molecule has 0 fully saturated rings.